The smallest absolute Gasteiger partial charge is 0.304 e. The highest BCUT2D eigenvalue weighted by molar-refractivity contribution is 9.10. The first-order valence-electron chi connectivity index (χ1n) is 4.57. The fourth-order valence-electron chi connectivity index (χ4n) is 1.72. The molecular weight excluding hydrogens is 287 g/mol. The lowest BCUT2D eigenvalue weighted by Crippen LogP contribution is -2.40. The molecule has 0 N–H and O–H groups in total. The van der Waals surface area contributed by atoms with Crippen LogP contribution in [0.15, 0.2) is 22.7 Å². The Morgan fingerprint density at radius 1 is 1.38 bits per heavy atom. The molecule has 0 spiro atoms. The summed E-state index contributed by atoms with van der Waals surface area (Å²) in [7, 11) is 0. The third-order valence-electron chi connectivity index (χ3n) is 2.43. The number of carbonyl (C=O) groups is 1. The van der Waals surface area contributed by atoms with Gasteiger partial charge in [-0.1, -0.05) is 22.0 Å². The Kier molecular flexibility index (Phi) is 2.69. The first-order chi connectivity index (χ1) is 7.39. The number of alkyl halides is 3. The number of hydrogen-bond donors (Lipinski definition) is 0. The van der Waals surface area contributed by atoms with Gasteiger partial charge in [0.15, 0.2) is 0 Å². The Morgan fingerprint density at radius 3 is 2.69 bits per heavy atom. The number of nitrogens with zero attached hydrogens (tertiary/aromatic N) is 1. The zero-order valence-electron chi connectivity index (χ0n) is 8.01. The van der Waals surface area contributed by atoms with Gasteiger partial charge in [-0.15, -0.1) is 0 Å². The molecule has 0 bridgehead atoms. The van der Waals surface area contributed by atoms with Crippen LogP contribution in [0.25, 0.3) is 0 Å². The van der Waals surface area contributed by atoms with Crippen LogP contribution < -0.4 is 4.90 Å². The quantitative estimate of drug-likeness (QED) is 0.720. The summed E-state index contributed by atoms with van der Waals surface area (Å²) in [5, 5.41) is 0. The lowest BCUT2D eigenvalue weighted by Gasteiger charge is -2.18. The molecule has 2 nitrogen and oxygen atoms in total. The van der Waals surface area contributed by atoms with E-state index in [9.17, 15) is 18.0 Å². The third kappa shape index (κ3) is 1.93. The molecule has 1 heterocycles. The second kappa shape index (κ2) is 3.76. The molecule has 0 radical (unpaired) electrons. The third-order valence-corrected chi connectivity index (χ3v) is 2.92. The van der Waals surface area contributed by atoms with Crippen molar-refractivity contribution in [2.75, 3.05) is 11.4 Å². The Morgan fingerprint density at radius 2 is 2.06 bits per heavy atom. The van der Waals surface area contributed by atoms with Gasteiger partial charge in [-0.3, -0.25) is 4.79 Å². The van der Waals surface area contributed by atoms with Crippen molar-refractivity contribution in [3.63, 3.8) is 0 Å². The van der Waals surface area contributed by atoms with Gasteiger partial charge in [0.05, 0.1) is 0 Å². The highest BCUT2D eigenvalue weighted by atomic mass is 79.9. The van der Waals surface area contributed by atoms with Crippen molar-refractivity contribution in [2.45, 2.75) is 12.6 Å². The van der Waals surface area contributed by atoms with E-state index in [0.717, 1.165) is 10.5 Å². The standard InChI is InChI=1S/C10H7BrF3NO/c11-7-2-1-6-3-4-15(8(6)5-7)9(16)10(12,13)14/h1-2,5H,3-4H2. The Hall–Kier alpha value is -1.04. The van der Waals surface area contributed by atoms with Gasteiger partial charge in [0.25, 0.3) is 0 Å². The highest BCUT2D eigenvalue weighted by Crippen LogP contribution is 2.33. The molecule has 16 heavy (non-hydrogen) atoms. The molecule has 1 aromatic rings. The van der Waals surface area contributed by atoms with Crippen molar-refractivity contribution in [3.8, 4) is 0 Å². The predicted molar refractivity (Wildman–Crippen MR) is 56.3 cm³/mol. The number of halogens is 4. The predicted octanol–water partition coefficient (Wildman–Crippen LogP) is 2.90. The van der Waals surface area contributed by atoms with Gasteiger partial charge < -0.3 is 4.90 Å². The maximum absolute atomic E-state index is 12.3. The summed E-state index contributed by atoms with van der Waals surface area (Å²) in [6.07, 6.45) is -4.35. The largest absolute Gasteiger partial charge is 0.471 e. The zero-order chi connectivity index (χ0) is 11.9. The SMILES string of the molecule is O=C(N1CCc2ccc(Br)cc21)C(F)(F)F. The molecule has 0 atom stereocenters. The molecule has 1 aromatic carbocycles. The van der Waals surface area contributed by atoms with E-state index in [1.807, 2.05) is 0 Å². The number of amides is 1. The molecule has 0 aliphatic carbocycles. The fraction of sp³-hybridized carbons (Fsp3) is 0.300. The lowest BCUT2D eigenvalue weighted by atomic mass is 10.2. The van der Waals surface area contributed by atoms with Gasteiger partial charge in [0, 0.05) is 16.7 Å². The average molecular weight is 294 g/mol. The summed E-state index contributed by atoms with van der Waals surface area (Å²) in [5.41, 5.74) is 1.11. The summed E-state index contributed by atoms with van der Waals surface area (Å²) >= 11 is 3.17. The van der Waals surface area contributed by atoms with Crippen LogP contribution >= 0.6 is 15.9 Å². The molecule has 0 saturated heterocycles. The molecule has 86 valence electrons. The van der Waals surface area contributed by atoms with Crippen LogP contribution in [-0.4, -0.2) is 18.6 Å². The van der Waals surface area contributed by atoms with E-state index in [4.69, 9.17) is 0 Å². The second-order valence-corrected chi connectivity index (χ2v) is 4.39. The molecule has 1 amide bonds. The fourth-order valence-corrected chi connectivity index (χ4v) is 2.07. The van der Waals surface area contributed by atoms with E-state index in [1.165, 1.54) is 6.07 Å². The number of carbonyl (C=O) groups excluding carboxylic acids is 1. The summed E-state index contributed by atoms with van der Waals surface area (Å²) in [6, 6.07) is 5.01. The van der Waals surface area contributed by atoms with Gasteiger partial charge in [0.1, 0.15) is 0 Å². The monoisotopic (exact) mass is 293 g/mol. The first-order valence-corrected chi connectivity index (χ1v) is 5.36. The van der Waals surface area contributed by atoms with E-state index < -0.39 is 12.1 Å². The molecular formula is C10H7BrF3NO. The van der Waals surface area contributed by atoms with Crippen LogP contribution in [0.1, 0.15) is 5.56 Å². The topological polar surface area (TPSA) is 20.3 Å². The van der Waals surface area contributed by atoms with E-state index in [-0.39, 0.29) is 6.54 Å². The number of benzene rings is 1. The Balaban J connectivity index is 2.37. The van der Waals surface area contributed by atoms with Crippen molar-refractivity contribution in [2.24, 2.45) is 0 Å². The molecule has 6 heteroatoms. The van der Waals surface area contributed by atoms with E-state index in [0.29, 0.717) is 16.6 Å². The van der Waals surface area contributed by atoms with Crippen molar-refractivity contribution < 1.29 is 18.0 Å². The minimum Gasteiger partial charge on any atom is -0.304 e. The average Bonchev–Trinajstić information content (AvgIpc) is 2.57. The van der Waals surface area contributed by atoms with Crippen molar-refractivity contribution >= 4 is 27.5 Å². The molecule has 1 aliphatic heterocycles. The normalized spacial score (nSPS) is 15.1. The van der Waals surface area contributed by atoms with Crippen LogP contribution in [0.5, 0.6) is 0 Å². The number of fused-ring (bicyclic) bond motifs is 1. The van der Waals surface area contributed by atoms with Gasteiger partial charge in [-0.05, 0) is 24.1 Å². The highest BCUT2D eigenvalue weighted by Gasteiger charge is 2.44. The Labute approximate surface area is 98.2 Å². The summed E-state index contributed by atoms with van der Waals surface area (Å²) in [4.78, 5) is 11.9. The second-order valence-electron chi connectivity index (χ2n) is 3.48. The molecule has 0 unspecified atom stereocenters. The Bertz CT molecular complexity index is 444. The first kappa shape index (κ1) is 11.4. The molecule has 0 fully saturated rings. The van der Waals surface area contributed by atoms with E-state index >= 15 is 0 Å². The van der Waals surface area contributed by atoms with Crippen molar-refractivity contribution in [1.82, 2.24) is 0 Å². The molecule has 0 aromatic heterocycles. The number of anilines is 1. The van der Waals surface area contributed by atoms with Crippen LogP contribution in [0.2, 0.25) is 0 Å². The number of hydrogen-bond acceptors (Lipinski definition) is 1. The van der Waals surface area contributed by atoms with Crippen molar-refractivity contribution in [3.05, 3.63) is 28.2 Å². The van der Waals surface area contributed by atoms with Crippen LogP contribution in [0.3, 0.4) is 0 Å². The van der Waals surface area contributed by atoms with Crippen molar-refractivity contribution in [1.29, 1.82) is 0 Å². The minimum absolute atomic E-state index is 0.0874. The maximum atomic E-state index is 12.3. The zero-order valence-corrected chi connectivity index (χ0v) is 9.60. The molecule has 2 rings (SSSR count). The summed E-state index contributed by atoms with van der Waals surface area (Å²) in [5.74, 6) is -1.80. The van der Waals surface area contributed by atoms with Gasteiger partial charge in [-0.25, -0.2) is 0 Å². The summed E-state index contributed by atoms with van der Waals surface area (Å²) < 4.78 is 37.5. The van der Waals surface area contributed by atoms with Crippen LogP contribution in [0, 0.1) is 0 Å². The minimum atomic E-state index is -4.82. The van der Waals surface area contributed by atoms with E-state index in [2.05, 4.69) is 15.9 Å². The lowest BCUT2D eigenvalue weighted by molar-refractivity contribution is -0.170. The number of rotatable bonds is 0. The van der Waals surface area contributed by atoms with Gasteiger partial charge in [-0.2, -0.15) is 13.2 Å². The molecule has 0 saturated carbocycles. The van der Waals surface area contributed by atoms with Gasteiger partial charge in [0.2, 0.25) is 0 Å². The molecule has 1 aliphatic rings. The van der Waals surface area contributed by atoms with Crippen LogP contribution in [-0.2, 0) is 11.2 Å². The van der Waals surface area contributed by atoms with E-state index in [1.54, 1.807) is 12.1 Å². The maximum Gasteiger partial charge on any atom is 0.471 e. The van der Waals surface area contributed by atoms with Crippen LogP contribution in [0.4, 0.5) is 18.9 Å². The summed E-state index contributed by atoms with van der Waals surface area (Å²) in [6.45, 7) is 0.0874. The van der Waals surface area contributed by atoms with Gasteiger partial charge >= 0.3 is 12.1 Å².